The Kier molecular flexibility index (Phi) is 4.98. The molecule has 3 N–H and O–H groups in total. The highest BCUT2D eigenvalue weighted by Crippen LogP contribution is 2.27. The van der Waals surface area contributed by atoms with Gasteiger partial charge in [-0.15, -0.1) is 22.7 Å². The van der Waals surface area contributed by atoms with Crippen LogP contribution < -0.4 is 10.5 Å². The van der Waals surface area contributed by atoms with Crippen LogP contribution in [0.15, 0.2) is 21.7 Å². The number of hydrogen-bond acceptors (Lipinski definition) is 5. The fourth-order valence-corrected chi connectivity index (χ4v) is 5.76. The van der Waals surface area contributed by atoms with E-state index in [0.717, 1.165) is 16.9 Å². The van der Waals surface area contributed by atoms with Crippen LogP contribution in [0, 0.1) is 6.92 Å². The van der Waals surface area contributed by atoms with Crippen molar-refractivity contribution < 1.29 is 8.42 Å². The van der Waals surface area contributed by atoms with E-state index in [9.17, 15) is 8.42 Å². The van der Waals surface area contributed by atoms with Crippen molar-refractivity contribution in [3.05, 3.63) is 37.7 Å². The molecule has 20 heavy (non-hydrogen) atoms. The van der Waals surface area contributed by atoms with E-state index in [2.05, 4.69) is 11.6 Å². The van der Waals surface area contributed by atoms with Crippen molar-refractivity contribution in [2.75, 3.05) is 0 Å². The first-order valence-corrected chi connectivity index (χ1v) is 9.55. The number of aryl methyl sites for hydroxylation is 2. The summed E-state index contributed by atoms with van der Waals surface area (Å²) in [7, 11) is -3.50. The van der Waals surface area contributed by atoms with Crippen LogP contribution in [-0.2, 0) is 29.5 Å². The summed E-state index contributed by atoms with van der Waals surface area (Å²) < 4.78 is 27.6. The minimum atomic E-state index is -3.50. The summed E-state index contributed by atoms with van der Waals surface area (Å²) in [6.07, 6.45) is 0.909. The standard InChI is InChI=1S/C13H18N2O2S3/c1-3-10-4-5-18-12(10)7-15-20(16,17)13-9(2)8-19-11(13)6-14/h4-5,8,15H,3,6-7,14H2,1-2H3. The molecule has 7 heteroatoms. The maximum Gasteiger partial charge on any atom is 0.242 e. The van der Waals surface area contributed by atoms with Gasteiger partial charge in [-0.3, -0.25) is 0 Å². The maximum absolute atomic E-state index is 12.4. The summed E-state index contributed by atoms with van der Waals surface area (Å²) in [4.78, 5) is 2.12. The first kappa shape index (κ1) is 15.7. The molecule has 0 saturated carbocycles. The van der Waals surface area contributed by atoms with Crippen molar-refractivity contribution in [3.8, 4) is 0 Å². The molecule has 0 radical (unpaired) electrons. The van der Waals surface area contributed by atoms with Gasteiger partial charge in [0.15, 0.2) is 0 Å². The predicted octanol–water partition coefficient (Wildman–Crippen LogP) is 2.62. The van der Waals surface area contributed by atoms with E-state index >= 15 is 0 Å². The lowest BCUT2D eigenvalue weighted by atomic mass is 10.2. The Labute approximate surface area is 127 Å². The zero-order valence-electron chi connectivity index (χ0n) is 11.5. The molecular weight excluding hydrogens is 312 g/mol. The van der Waals surface area contributed by atoms with Gasteiger partial charge in [-0.05, 0) is 41.3 Å². The van der Waals surface area contributed by atoms with E-state index < -0.39 is 10.0 Å². The second-order valence-electron chi connectivity index (χ2n) is 4.42. The molecule has 0 aliphatic heterocycles. The SMILES string of the molecule is CCc1ccsc1CNS(=O)(=O)c1c(C)csc1CN. The highest BCUT2D eigenvalue weighted by molar-refractivity contribution is 7.89. The highest BCUT2D eigenvalue weighted by atomic mass is 32.2. The van der Waals surface area contributed by atoms with Crippen molar-refractivity contribution >= 4 is 32.7 Å². The Hall–Kier alpha value is -0.730. The van der Waals surface area contributed by atoms with Crippen LogP contribution in [0.3, 0.4) is 0 Å². The lowest BCUT2D eigenvalue weighted by Crippen LogP contribution is -2.24. The number of thiophene rings is 2. The molecule has 0 aliphatic rings. The van der Waals surface area contributed by atoms with Crippen LogP contribution in [0.2, 0.25) is 0 Å². The molecule has 2 rings (SSSR count). The second-order valence-corrected chi connectivity index (χ2v) is 8.09. The van der Waals surface area contributed by atoms with Gasteiger partial charge in [0.05, 0.1) is 0 Å². The summed E-state index contributed by atoms with van der Waals surface area (Å²) in [6.45, 7) is 4.44. The van der Waals surface area contributed by atoms with Gasteiger partial charge in [-0.1, -0.05) is 6.92 Å². The van der Waals surface area contributed by atoms with Crippen molar-refractivity contribution in [3.63, 3.8) is 0 Å². The molecule has 0 bridgehead atoms. The van der Waals surface area contributed by atoms with Crippen molar-refractivity contribution in [1.29, 1.82) is 0 Å². The smallest absolute Gasteiger partial charge is 0.242 e. The molecule has 0 saturated heterocycles. The zero-order valence-corrected chi connectivity index (χ0v) is 13.9. The van der Waals surface area contributed by atoms with Gasteiger partial charge >= 0.3 is 0 Å². The number of sulfonamides is 1. The molecule has 110 valence electrons. The summed E-state index contributed by atoms with van der Waals surface area (Å²) in [5.41, 5.74) is 7.57. The molecule has 2 aromatic rings. The van der Waals surface area contributed by atoms with E-state index in [-0.39, 0.29) is 6.54 Å². The van der Waals surface area contributed by atoms with Gasteiger partial charge in [0.2, 0.25) is 10.0 Å². The zero-order chi connectivity index (χ0) is 14.8. The average molecular weight is 331 g/mol. The van der Waals surface area contributed by atoms with Gasteiger partial charge in [0.1, 0.15) is 4.90 Å². The molecule has 2 aromatic heterocycles. The minimum Gasteiger partial charge on any atom is -0.326 e. The van der Waals surface area contributed by atoms with Crippen LogP contribution in [0.1, 0.15) is 27.8 Å². The predicted molar refractivity (Wildman–Crippen MR) is 84.7 cm³/mol. The molecule has 0 amide bonds. The molecule has 2 heterocycles. The molecule has 0 fully saturated rings. The third kappa shape index (κ3) is 3.12. The van der Waals surface area contributed by atoms with Crippen molar-refractivity contribution in [2.24, 2.45) is 5.73 Å². The third-order valence-electron chi connectivity index (χ3n) is 3.08. The van der Waals surface area contributed by atoms with Gasteiger partial charge in [0.25, 0.3) is 0 Å². The van der Waals surface area contributed by atoms with Crippen molar-refractivity contribution in [2.45, 2.75) is 38.3 Å². The number of hydrogen-bond donors (Lipinski definition) is 2. The van der Waals surface area contributed by atoms with Crippen molar-refractivity contribution in [1.82, 2.24) is 4.72 Å². The summed E-state index contributed by atoms with van der Waals surface area (Å²) in [5.74, 6) is 0. The lowest BCUT2D eigenvalue weighted by molar-refractivity contribution is 0.580. The van der Waals surface area contributed by atoms with E-state index in [1.54, 1.807) is 18.3 Å². The number of nitrogens with one attached hydrogen (secondary N) is 1. The highest BCUT2D eigenvalue weighted by Gasteiger charge is 2.22. The fourth-order valence-electron chi connectivity index (χ4n) is 2.06. The van der Waals surface area contributed by atoms with E-state index in [1.165, 1.54) is 16.9 Å². The average Bonchev–Trinajstić information content (AvgIpc) is 3.02. The van der Waals surface area contributed by atoms with E-state index in [1.807, 2.05) is 16.8 Å². The van der Waals surface area contributed by atoms with Crippen LogP contribution in [0.5, 0.6) is 0 Å². The molecular formula is C13H18N2O2S3. The lowest BCUT2D eigenvalue weighted by Gasteiger charge is -2.08. The minimum absolute atomic E-state index is 0.244. The summed E-state index contributed by atoms with van der Waals surface area (Å²) >= 11 is 2.97. The normalized spacial score (nSPS) is 11.9. The summed E-state index contributed by atoms with van der Waals surface area (Å²) in [5, 5.41) is 3.82. The van der Waals surface area contributed by atoms with Crippen LogP contribution >= 0.6 is 22.7 Å². The fraction of sp³-hybridized carbons (Fsp3) is 0.385. The quantitative estimate of drug-likeness (QED) is 0.855. The van der Waals surface area contributed by atoms with E-state index in [0.29, 0.717) is 16.3 Å². The Balaban J connectivity index is 2.22. The van der Waals surface area contributed by atoms with Crippen LogP contribution in [-0.4, -0.2) is 8.42 Å². The largest absolute Gasteiger partial charge is 0.326 e. The van der Waals surface area contributed by atoms with Gasteiger partial charge in [0, 0.05) is 22.8 Å². The summed E-state index contributed by atoms with van der Waals surface area (Å²) in [6, 6.07) is 2.04. The first-order valence-electron chi connectivity index (χ1n) is 6.31. The topological polar surface area (TPSA) is 72.2 Å². The monoisotopic (exact) mass is 330 g/mol. The van der Waals surface area contributed by atoms with Gasteiger partial charge in [-0.2, -0.15) is 0 Å². The number of rotatable bonds is 6. The van der Waals surface area contributed by atoms with Gasteiger partial charge < -0.3 is 5.73 Å². The third-order valence-corrected chi connectivity index (χ3v) is 6.93. The molecule has 0 spiro atoms. The Morgan fingerprint density at radius 2 is 2.05 bits per heavy atom. The number of nitrogens with two attached hydrogens (primary N) is 1. The molecule has 0 aliphatic carbocycles. The molecule has 0 aromatic carbocycles. The maximum atomic E-state index is 12.4. The Morgan fingerprint density at radius 3 is 2.70 bits per heavy atom. The van der Waals surface area contributed by atoms with Crippen LogP contribution in [0.4, 0.5) is 0 Å². The Bertz CT molecular complexity index is 686. The first-order chi connectivity index (χ1) is 9.49. The van der Waals surface area contributed by atoms with E-state index in [4.69, 9.17) is 5.73 Å². The molecule has 0 unspecified atom stereocenters. The Morgan fingerprint density at radius 1 is 1.30 bits per heavy atom. The van der Waals surface area contributed by atoms with Crippen LogP contribution in [0.25, 0.3) is 0 Å². The second kappa shape index (κ2) is 6.36. The molecule has 4 nitrogen and oxygen atoms in total. The van der Waals surface area contributed by atoms with Gasteiger partial charge in [-0.25, -0.2) is 13.1 Å². The molecule has 0 atom stereocenters.